The van der Waals surface area contributed by atoms with Crippen LogP contribution in [0.3, 0.4) is 0 Å². The first-order valence-corrected chi connectivity index (χ1v) is 6.50. The molecule has 0 N–H and O–H groups in total. The number of non-ortho nitro benzene ring substituents is 1. The van der Waals surface area contributed by atoms with Gasteiger partial charge in [0, 0.05) is 11.6 Å². The van der Waals surface area contributed by atoms with Crippen molar-refractivity contribution in [2.75, 3.05) is 0 Å². The molecule has 0 radical (unpaired) electrons. The maximum absolute atomic E-state index is 13.4. The number of ether oxygens (including phenoxy) is 1. The third-order valence-corrected chi connectivity index (χ3v) is 2.99. The highest BCUT2D eigenvalue weighted by atomic mass is 19.1. The van der Waals surface area contributed by atoms with Gasteiger partial charge in [0.15, 0.2) is 0 Å². The molecule has 0 heterocycles. The molecule has 2 rings (SSSR count). The van der Waals surface area contributed by atoms with Crippen LogP contribution in [0.2, 0.25) is 0 Å². The van der Waals surface area contributed by atoms with Crippen LogP contribution in [0.1, 0.15) is 26.3 Å². The van der Waals surface area contributed by atoms with Crippen LogP contribution in [0, 0.1) is 15.9 Å². The topological polar surface area (TPSA) is 52.4 Å². The van der Waals surface area contributed by atoms with E-state index in [1.807, 2.05) is 32.9 Å². The largest absolute Gasteiger partial charge is 0.457 e. The predicted molar refractivity (Wildman–Crippen MR) is 78.3 cm³/mol. The molecule has 0 saturated heterocycles. The van der Waals surface area contributed by atoms with E-state index in [-0.39, 0.29) is 16.9 Å². The number of para-hydroxylation sites is 1. The van der Waals surface area contributed by atoms with Gasteiger partial charge in [-0.2, -0.15) is 0 Å². The van der Waals surface area contributed by atoms with Crippen molar-refractivity contribution >= 4 is 5.69 Å². The van der Waals surface area contributed by atoms with Crippen LogP contribution in [0.4, 0.5) is 10.1 Å². The average molecular weight is 289 g/mol. The molecule has 0 aliphatic rings. The summed E-state index contributed by atoms with van der Waals surface area (Å²) in [7, 11) is 0. The lowest BCUT2D eigenvalue weighted by Gasteiger charge is -2.22. The van der Waals surface area contributed by atoms with E-state index in [1.165, 1.54) is 6.07 Å². The molecule has 0 bridgehead atoms. The normalized spacial score (nSPS) is 11.2. The van der Waals surface area contributed by atoms with Crippen molar-refractivity contribution in [1.82, 2.24) is 0 Å². The third-order valence-electron chi connectivity index (χ3n) is 2.99. The minimum Gasteiger partial charge on any atom is -0.457 e. The first-order chi connectivity index (χ1) is 9.77. The molecule has 0 aliphatic heterocycles. The molecular weight excluding hydrogens is 273 g/mol. The van der Waals surface area contributed by atoms with Crippen LogP contribution in [0.5, 0.6) is 11.5 Å². The van der Waals surface area contributed by atoms with E-state index in [0.717, 1.165) is 17.7 Å². The van der Waals surface area contributed by atoms with E-state index in [1.54, 1.807) is 12.1 Å². The summed E-state index contributed by atoms with van der Waals surface area (Å²) >= 11 is 0. The first kappa shape index (κ1) is 15.0. The summed E-state index contributed by atoms with van der Waals surface area (Å²) in [5.41, 5.74) is 0.450. The molecule has 0 amide bonds. The molecule has 0 aliphatic carbocycles. The Hall–Kier alpha value is -2.43. The van der Waals surface area contributed by atoms with Crippen LogP contribution in [-0.4, -0.2) is 4.92 Å². The number of hydrogen-bond acceptors (Lipinski definition) is 3. The minimum atomic E-state index is -0.701. The van der Waals surface area contributed by atoms with Gasteiger partial charge in [-0.1, -0.05) is 39.0 Å². The van der Waals surface area contributed by atoms with Gasteiger partial charge in [-0.15, -0.1) is 0 Å². The van der Waals surface area contributed by atoms with Crippen molar-refractivity contribution in [3.05, 3.63) is 64.0 Å². The maximum atomic E-state index is 13.4. The predicted octanol–water partition coefficient (Wildman–Crippen LogP) is 4.82. The fraction of sp³-hybridized carbons (Fsp3) is 0.250. The zero-order valence-electron chi connectivity index (χ0n) is 12.1. The zero-order valence-corrected chi connectivity index (χ0v) is 12.1. The number of rotatable bonds is 3. The third kappa shape index (κ3) is 3.56. The van der Waals surface area contributed by atoms with Gasteiger partial charge in [0.2, 0.25) is 0 Å². The van der Waals surface area contributed by atoms with Crippen molar-refractivity contribution in [1.29, 1.82) is 0 Å². The van der Waals surface area contributed by atoms with Crippen molar-refractivity contribution in [2.24, 2.45) is 0 Å². The SMILES string of the molecule is CC(C)(C)c1ccccc1Oc1cc(F)cc([N+](=O)[O-])c1. The first-order valence-electron chi connectivity index (χ1n) is 6.50. The Morgan fingerprint density at radius 3 is 2.43 bits per heavy atom. The highest BCUT2D eigenvalue weighted by Crippen LogP contribution is 2.35. The lowest BCUT2D eigenvalue weighted by Crippen LogP contribution is -2.12. The van der Waals surface area contributed by atoms with Crippen LogP contribution >= 0.6 is 0 Å². The Kier molecular flexibility index (Phi) is 3.93. The Labute approximate surface area is 122 Å². The summed E-state index contributed by atoms with van der Waals surface area (Å²) in [6.07, 6.45) is 0. The molecule has 0 atom stereocenters. The Morgan fingerprint density at radius 2 is 1.81 bits per heavy atom. The Bertz CT molecular complexity index is 677. The molecule has 2 aromatic carbocycles. The van der Waals surface area contributed by atoms with Crippen LogP contribution in [-0.2, 0) is 5.41 Å². The zero-order chi connectivity index (χ0) is 15.6. The fourth-order valence-corrected chi connectivity index (χ4v) is 2.01. The molecule has 0 aromatic heterocycles. The summed E-state index contributed by atoms with van der Waals surface area (Å²) < 4.78 is 19.1. The van der Waals surface area contributed by atoms with Gasteiger partial charge in [-0.3, -0.25) is 10.1 Å². The van der Waals surface area contributed by atoms with Crippen LogP contribution in [0.15, 0.2) is 42.5 Å². The molecule has 0 fully saturated rings. The Balaban J connectivity index is 2.42. The van der Waals surface area contributed by atoms with Crippen LogP contribution in [0.25, 0.3) is 0 Å². The fourth-order valence-electron chi connectivity index (χ4n) is 2.01. The molecular formula is C16H16FNO3. The highest BCUT2D eigenvalue weighted by Gasteiger charge is 2.19. The quantitative estimate of drug-likeness (QED) is 0.601. The molecule has 0 unspecified atom stereocenters. The minimum absolute atomic E-state index is 0.110. The van der Waals surface area contributed by atoms with Crippen molar-refractivity contribution in [3.63, 3.8) is 0 Å². The molecule has 4 nitrogen and oxygen atoms in total. The monoisotopic (exact) mass is 289 g/mol. The van der Waals surface area contributed by atoms with Gasteiger partial charge in [-0.05, 0) is 11.5 Å². The van der Waals surface area contributed by atoms with Gasteiger partial charge in [-0.25, -0.2) is 4.39 Å². The Morgan fingerprint density at radius 1 is 1.14 bits per heavy atom. The summed E-state index contributed by atoms with van der Waals surface area (Å²) in [6, 6.07) is 10.6. The highest BCUT2D eigenvalue weighted by molar-refractivity contribution is 5.45. The van der Waals surface area contributed by atoms with E-state index in [9.17, 15) is 14.5 Å². The van der Waals surface area contributed by atoms with Crippen molar-refractivity contribution in [2.45, 2.75) is 26.2 Å². The summed E-state index contributed by atoms with van der Waals surface area (Å²) in [6.45, 7) is 6.09. The number of hydrogen-bond donors (Lipinski definition) is 0. The summed E-state index contributed by atoms with van der Waals surface area (Å²) in [4.78, 5) is 10.1. The number of nitrogens with zero attached hydrogens (tertiary/aromatic N) is 1. The number of benzene rings is 2. The van der Waals surface area contributed by atoms with Crippen LogP contribution < -0.4 is 4.74 Å². The van der Waals surface area contributed by atoms with Gasteiger partial charge in [0.25, 0.3) is 5.69 Å². The lowest BCUT2D eigenvalue weighted by molar-refractivity contribution is -0.385. The molecule has 2 aromatic rings. The second-order valence-corrected chi connectivity index (χ2v) is 5.75. The van der Waals surface area contributed by atoms with Gasteiger partial charge >= 0.3 is 0 Å². The van der Waals surface area contributed by atoms with Gasteiger partial charge in [0.05, 0.1) is 17.1 Å². The standard InChI is InChI=1S/C16H16FNO3/c1-16(2,3)14-6-4-5-7-15(14)21-13-9-11(17)8-12(10-13)18(19)20/h4-10H,1-3H3. The molecule has 21 heavy (non-hydrogen) atoms. The second kappa shape index (κ2) is 5.52. The van der Waals surface area contributed by atoms with E-state index >= 15 is 0 Å². The molecule has 0 saturated carbocycles. The van der Waals surface area contributed by atoms with E-state index in [4.69, 9.17) is 4.74 Å². The lowest BCUT2D eigenvalue weighted by atomic mass is 9.86. The second-order valence-electron chi connectivity index (χ2n) is 5.75. The summed E-state index contributed by atoms with van der Waals surface area (Å²) in [5, 5.41) is 10.8. The van der Waals surface area contributed by atoms with E-state index < -0.39 is 10.7 Å². The maximum Gasteiger partial charge on any atom is 0.276 e. The van der Waals surface area contributed by atoms with E-state index in [0.29, 0.717) is 5.75 Å². The number of nitro groups is 1. The van der Waals surface area contributed by atoms with Crippen molar-refractivity contribution in [3.8, 4) is 11.5 Å². The van der Waals surface area contributed by atoms with E-state index in [2.05, 4.69) is 0 Å². The number of halogens is 1. The number of nitro benzene ring substituents is 1. The average Bonchev–Trinajstić information content (AvgIpc) is 2.37. The molecule has 5 heteroatoms. The van der Waals surface area contributed by atoms with Gasteiger partial charge in [0.1, 0.15) is 17.3 Å². The summed E-state index contributed by atoms with van der Waals surface area (Å²) in [5.74, 6) is -0.0317. The smallest absolute Gasteiger partial charge is 0.276 e. The van der Waals surface area contributed by atoms with Crippen molar-refractivity contribution < 1.29 is 14.1 Å². The van der Waals surface area contributed by atoms with Gasteiger partial charge < -0.3 is 4.74 Å². The molecule has 0 spiro atoms. The molecule has 110 valence electrons.